The smallest absolute Gasteiger partial charge is 0.320 e. The summed E-state index contributed by atoms with van der Waals surface area (Å²) in [5.41, 5.74) is 3.80. The molecule has 0 saturated heterocycles. The zero-order chi connectivity index (χ0) is 18.7. The van der Waals surface area contributed by atoms with Gasteiger partial charge in [0.05, 0.1) is 17.9 Å². The van der Waals surface area contributed by atoms with Crippen molar-refractivity contribution >= 4 is 11.8 Å². The number of hydrogen-bond acceptors (Lipinski definition) is 3. The van der Waals surface area contributed by atoms with Gasteiger partial charge in [-0.1, -0.05) is 37.3 Å². The van der Waals surface area contributed by atoms with Crippen LogP contribution in [0.15, 0.2) is 42.7 Å². The molecule has 0 saturated carbocycles. The normalized spacial score (nSPS) is 12.0. The van der Waals surface area contributed by atoms with Gasteiger partial charge in [-0.05, 0) is 13.3 Å². The van der Waals surface area contributed by atoms with Crippen molar-refractivity contribution in [3.05, 3.63) is 53.9 Å². The number of carbonyl (C=O) groups is 1. The molecule has 0 aliphatic rings. The molecular formula is C19H24N6O. The molecule has 3 aromatic rings. The number of hydrogen-bond donors (Lipinski definition) is 2. The van der Waals surface area contributed by atoms with Crippen LogP contribution >= 0.6 is 0 Å². The molecule has 0 spiro atoms. The van der Waals surface area contributed by atoms with E-state index in [2.05, 4.69) is 20.8 Å². The van der Waals surface area contributed by atoms with E-state index >= 15 is 0 Å². The minimum Gasteiger partial charge on any atom is -0.331 e. The summed E-state index contributed by atoms with van der Waals surface area (Å²) in [6.45, 7) is 3.99. The Morgan fingerprint density at radius 1 is 1.23 bits per heavy atom. The summed E-state index contributed by atoms with van der Waals surface area (Å²) in [5, 5.41) is 14.7. The van der Waals surface area contributed by atoms with Gasteiger partial charge < -0.3 is 5.32 Å². The van der Waals surface area contributed by atoms with E-state index in [4.69, 9.17) is 0 Å². The first-order valence-electron chi connectivity index (χ1n) is 8.64. The highest BCUT2D eigenvalue weighted by Crippen LogP contribution is 2.27. The lowest BCUT2D eigenvalue weighted by Crippen LogP contribution is -2.33. The van der Waals surface area contributed by atoms with Gasteiger partial charge in [-0.25, -0.2) is 4.79 Å². The van der Waals surface area contributed by atoms with Gasteiger partial charge in [0.2, 0.25) is 0 Å². The summed E-state index contributed by atoms with van der Waals surface area (Å²) in [4.78, 5) is 12.5. The molecule has 0 radical (unpaired) electrons. The minimum atomic E-state index is -0.258. The van der Waals surface area contributed by atoms with E-state index in [-0.39, 0.29) is 12.1 Å². The SMILES string of the molecule is CCC(NC(=O)Nc1c(C)c(-c2ccccc2)nn1C)c1cnn(C)c1. The van der Waals surface area contributed by atoms with Crippen molar-refractivity contribution in [2.45, 2.75) is 26.3 Å². The number of amides is 2. The van der Waals surface area contributed by atoms with Crippen molar-refractivity contribution in [2.75, 3.05) is 5.32 Å². The molecule has 2 N–H and O–H groups in total. The number of aryl methyl sites for hydroxylation is 2. The van der Waals surface area contributed by atoms with Crippen LogP contribution in [-0.4, -0.2) is 25.6 Å². The molecule has 2 aromatic heterocycles. The van der Waals surface area contributed by atoms with Crippen LogP contribution < -0.4 is 10.6 Å². The Labute approximate surface area is 153 Å². The van der Waals surface area contributed by atoms with Crippen LogP contribution in [0.2, 0.25) is 0 Å². The zero-order valence-corrected chi connectivity index (χ0v) is 15.5. The number of rotatable bonds is 5. The highest BCUT2D eigenvalue weighted by Gasteiger charge is 2.18. The Kier molecular flexibility index (Phi) is 5.06. The van der Waals surface area contributed by atoms with Gasteiger partial charge in [-0.15, -0.1) is 0 Å². The van der Waals surface area contributed by atoms with Crippen molar-refractivity contribution < 1.29 is 4.79 Å². The van der Waals surface area contributed by atoms with Crippen LogP contribution in [-0.2, 0) is 14.1 Å². The number of nitrogens with zero attached hydrogens (tertiary/aromatic N) is 4. The molecule has 2 amide bonds. The lowest BCUT2D eigenvalue weighted by molar-refractivity contribution is 0.248. The Balaban J connectivity index is 1.76. The van der Waals surface area contributed by atoms with Gasteiger partial charge >= 0.3 is 6.03 Å². The third kappa shape index (κ3) is 3.61. The lowest BCUT2D eigenvalue weighted by Gasteiger charge is -2.16. The standard InChI is InChI=1S/C19H24N6O/c1-5-16(15-11-20-24(3)12-15)21-19(26)22-18-13(2)17(23-25(18)4)14-9-7-6-8-10-14/h6-12,16H,5H2,1-4H3,(H2,21,22,26). The fraction of sp³-hybridized carbons (Fsp3) is 0.316. The molecule has 1 aromatic carbocycles. The summed E-state index contributed by atoms with van der Waals surface area (Å²) < 4.78 is 3.43. The van der Waals surface area contributed by atoms with E-state index in [1.807, 2.05) is 64.5 Å². The fourth-order valence-electron chi connectivity index (χ4n) is 3.02. The van der Waals surface area contributed by atoms with Crippen LogP contribution in [0.3, 0.4) is 0 Å². The maximum absolute atomic E-state index is 12.5. The molecular weight excluding hydrogens is 328 g/mol. The van der Waals surface area contributed by atoms with Gasteiger partial charge in [0, 0.05) is 37.0 Å². The Hall–Kier alpha value is -3.09. The average Bonchev–Trinajstić information content (AvgIpc) is 3.19. The Morgan fingerprint density at radius 2 is 1.96 bits per heavy atom. The van der Waals surface area contributed by atoms with E-state index in [1.54, 1.807) is 15.6 Å². The van der Waals surface area contributed by atoms with Gasteiger partial charge in [-0.2, -0.15) is 10.2 Å². The third-order valence-electron chi connectivity index (χ3n) is 4.40. The van der Waals surface area contributed by atoms with Crippen molar-refractivity contribution in [3.63, 3.8) is 0 Å². The topological polar surface area (TPSA) is 76.8 Å². The number of anilines is 1. The highest BCUT2D eigenvalue weighted by molar-refractivity contribution is 5.90. The van der Waals surface area contributed by atoms with Crippen molar-refractivity contribution in [1.82, 2.24) is 24.9 Å². The van der Waals surface area contributed by atoms with Gasteiger partial charge in [0.1, 0.15) is 5.82 Å². The first kappa shape index (κ1) is 17.7. The Morgan fingerprint density at radius 3 is 2.58 bits per heavy atom. The predicted molar refractivity (Wildman–Crippen MR) is 102 cm³/mol. The molecule has 0 aliphatic heterocycles. The van der Waals surface area contributed by atoms with Crippen LogP contribution in [0.1, 0.15) is 30.5 Å². The predicted octanol–water partition coefficient (Wildman–Crippen LogP) is 3.40. The van der Waals surface area contributed by atoms with Crippen LogP contribution in [0.5, 0.6) is 0 Å². The lowest BCUT2D eigenvalue weighted by atomic mass is 10.1. The van der Waals surface area contributed by atoms with E-state index in [9.17, 15) is 4.79 Å². The van der Waals surface area contributed by atoms with Crippen molar-refractivity contribution in [3.8, 4) is 11.3 Å². The molecule has 0 fully saturated rings. The summed E-state index contributed by atoms with van der Waals surface area (Å²) in [6.07, 6.45) is 4.47. The third-order valence-corrected chi connectivity index (χ3v) is 4.40. The highest BCUT2D eigenvalue weighted by atomic mass is 16.2. The monoisotopic (exact) mass is 352 g/mol. The Bertz CT molecular complexity index is 896. The number of aromatic nitrogens is 4. The zero-order valence-electron chi connectivity index (χ0n) is 15.5. The van der Waals surface area contributed by atoms with Crippen LogP contribution in [0, 0.1) is 6.92 Å². The molecule has 1 atom stereocenters. The number of benzene rings is 1. The first-order valence-corrected chi connectivity index (χ1v) is 8.64. The second-order valence-corrected chi connectivity index (χ2v) is 6.32. The van der Waals surface area contributed by atoms with Crippen LogP contribution in [0.25, 0.3) is 11.3 Å². The van der Waals surface area contributed by atoms with Crippen molar-refractivity contribution in [2.24, 2.45) is 14.1 Å². The quantitative estimate of drug-likeness (QED) is 0.739. The van der Waals surface area contributed by atoms with Gasteiger partial charge in [-0.3, -0.25) is 14.7 Å². The molecule has 0 aliphatic carbocycles. The summed E-state index contributed by atoms with van der Waals surface area (Å²) in [7, 11) is 3.69. The molecule has 136 valence electrons. The molecule has 2 heterocycles. The average molecular weight is 352 g/mol. The molecule has 0 bridgehead atoms. The summed E-state index contributed by atoms with van der Waals surface area (Å²) in [6, 6.07) is 9.59. The second-order valence-electron chi connectivity index (χ2n) is 6.32. The fourth-order valence-corrected chi connectivity index (χ4v) is 3.02. The minimum absolute atomic E-state index is 0.0918. The van der Waals surface area contributed by atoms with Crippen LogP contribution in [0.4, 0.5) is 10.6 Å². The van der Waals surface area contributed by atoms with Gasteiger partial charge in [0.25, 0.3) is 0 Å². The molecule has 7 nitrogen and oxygen atoms in total. The molecule has 3 rings (SSSR count). The largest absolute Gasteiger partial charge is 0.331 e. The summed E-state index contributed by atoms with van der Waals surface area (Å²) in [5.74, 6) is 0.683. The molecule has 1 unspecified atom stereocenters. The second kappa shape index (κ2) is 7.43. The van der Waals surface area contributed by atoms with E-state index < -0.39 is 0 Å². The first-order chi connectivity index (χ1) is 12.5. The van der Waals surface area contributed by atoms with E-state index in [1.165, 1.54) is 0 Å². The molecule has 7 heteroatoms. The van der Waals surface area contributed by atoms with E-state index in [0.717, 1.165) is 28.8 Å². The maximum atomic E-state index is 12.5. The summed E-state index contributed by atoms with van der Waals surface area (Å²) >= 11 is 0. The van der Waals surface area contributed by atoms with Gasteiger partial charge in [0.15, 0.2) is 0 Å². The molecule has 26 heavy (non-hydrogen) atoms. The van der Waals surface area contributed by atoms with Crippen molar-refractivity contribution in [1.29, 1.82) is 0 Å². The maximum Gasteiger partial charge on any atom is 0.320 e. The number of urea groups is 1. The number of carbonyl (C=O) groups excluding carboxylic acids is 1. The number of nitrogens with one attached hydrogen (secondary N) is 2. The van der Waals surface area contributed by atoms with E-state index in [0.29, 0.717) is 5.82 Å².